The second kappa shape index (κ2) is 6.15. The molecule has 0 bridgehead atoms. The molecule has 24 heavy (non-hydrogen) atoms. The Hall–Kier alpha value is -3.16. The molecule has 0 radical (unpaired) electrons. The smallest absolute Gasteiger partial charge is 0.337 e. The number of nitrogens with zero attached hydrogens (tertiary/aromatic N) is 1. The summed E-state index contributed by atoms with van der Waals surface area (Å²) >= 11 is 0. The molecule has 2 heterocycles. The van der Waals surface area contributed by atoms with Gasteiger partial charge in [0.25, 0.3) is 11.8 Å². The van der Waals surface area contributed by atoms with Gasteiger partial charge in [-0.15, -0.1) is 5.06 Å². The van der Waals surface area contributed by atoms with E-state index in [1.807, 2.05) is 0 Å². The minimum atomic E-state index is -0.818. The molecule has 1 aromatic carbocycles. The molecule has 3 rings (SSSR count). The van der Waals surface area contributed by atoms with E-state index in [1.54, 1.807) is 12.1 Å². The predicted molar refractivity (Wildman–Crippen MR) is 79.9 cm³/mol. The van der Waals surface area contributed by atoms with E-state index < -0.39 is 23.4 Å². The van der Waals surface area contributed by atoms with Crippen molar-refractivity contribution >= 4 is 28.8 Å². The lowest BCUT2D eigenvalue weighted by molar-refractivity contribution is -0.197. The van der Waals surface area contributed by atoms with Crippen molar-refractivity contribution in [1.29, 1.82) is 0 Å². The van der Waals surface area contributed by atoms with Crippen molar-refractivity contribution in [2.75, 3.05) is 7.11 Å². The minimum absolute atomic E-state index is 0.0176. The topological polar surface area (TPSA) is 103 Å². The lowest BCUT2D eigenvalue weighted by Crippen LogP contribution is -2.32. The number of methoxy groups -OCH3 is 1. The lowest BCUT2D eigenvalue weighted by Gasteiger charge is -2.13. The van der Waals surface area contributed by atoms with E-state index in [9.17, 15) is 19.2 Å². The van der Waals surface area contributed by atoms with Gasteiger partial charge < -0.3 is 14.0 Å². The maximum atomic E-state index is 12.0. The van der Waals surface area contributed by atoms with Gasteiger partial charge in [0, 0.05) is 30.4 Å². The average molecular weight is 331 g/mol. The molecule has 1 aliphatic rings. The highest BCUT2D eigenvalue weighted by Gasteiger charge is 2.32. The van der Waals surface area contributed by atoms with Crippen molar-refractivity contribution in [3.8, 4) is 5.75 Å². The number of carbonyl (C=O) groups excluding carboxylic acids is 3. The molecule has 0 aliphatic carbocycles. The molecule has 0 N–H and O–H groups in total. The van der Waals surface area contributed by atoms with E-state index in [2.05, 4.69) is 0 Å². The first-order valence-electron chi connectivity index (χ1n) is 7.15. The molecule has 8 heteroatoms. The molecule has 8 nitrogen and oxygen atoms in total. The summed E-state index contributed by atoms with van der Waals surface area (Å²) in [6.07, 6.45) is -0.251. The van der Waals surface area contributed by atoms with Crippen LogP contribution in [0.5, 0.6) is 5.75 Å². The molecule has 2 aromatic rings. The number of hydrogen-bond acceptors (Lipinski definition) is 7. The molecule has 1 aliphatic heterocycles. The molecule has 1 saturated heterocycles. The van der Waals surface area contributed by atoms with E-state index in [0.717, 1.165) is 0 Å². The van der Waals surface area contributed by atoms with E-state index in [4.69, 9.17) is 14.0 Å². The van der Waals surface area contributed by atoms with Crippen molar-refractivity contribution in [3.63, 3.8) is 0 Å². The third-order valence-corrected chi connectivity index (χ3v) is 3.57. The minimum Gasteiger partial charge on any atom is -0.497 e. The van der Waals surface area contributed by atoms with Gasteiger partial charge in [-0.1, -0.05) is 0 Å². The van der Waals surface area contributed by atoms with Crippen LogP contribution in [0.4, 0.5) is 0 Å². The summed E-state index contributed by atoms with van der Waals surface area (Å²) in [5.41, 5.74) is -0.00199. The zero-order chi connectivity index (χ0) is 17.3. The second-order valence-corrected chi connectivity index (χ2v) is 5.17. The number of benzene rings is 1. The standard InChI is InChI=1S/C16H13NO7/c1-22-10-2-3-11-9(6-15(20)23-12(11)8-10)7-16(21)24-17-13(18)4-5-14(17)19/h2-3,6,8H,4-5,7H2,1H3. The van der Waals surface area contributed by atoms with Crippen LogP contribution in [0.15, 0.2) is 33.5 Å². The maximum Gasteiger partial charge on any atom is 0.337 e. The van der Waals surface area contributed by atoms with Crippen LogP contribution in [0.25, 0.3) is 11.0 Å². The van der Waals surface area contributed by atoms with Crippen molar-refractivity contribution in [3.05, 3.63) is 40.2 Å². The van der Waals surface area contributed by atoms with Crippen LogP contribution in [0, 0.1) is 0 Å². The van der Waals surface area contributed by atoms with Crippen molar-refractivity contribution in [1.82, 2.24) is 5.06 Å². The van der Waals surface area contributed by atoms with Gasteiger partial charge in [-0.3, -0.25) is 9.59 Å². The van der Waals surface area contributed by atoms with Gasteiger partial charge in [0.05, 0.1) is 13.5 Å². The zero-order valence-corrected chi connectivity index (χ0v) is 12.7. The molecule has 0 unspecified atom stereocenters. The number of fused-ring (bicyclic) bond motifs is 1. The Kier molecular flexibility index (Phi) is 4.03. The average Bonchev–Trinajstić information content (AvgIpc) is 2.86. The van der Waals surface area contributed by atoms with Gasteiger partial charge in [-0.25, -0.2) is 9.59 Å². The fraction of sp³-hybridized carbons (Fsp3) is 0.250. The Balaban J connectivity index is 1.86. The summed E-state index contributed by atoms with van der Waals surface area (Å²) in [7, 11) is 1.48. The van der Waals surface area contributed by atoms with Gasteiger partial charge in [0.15, 0.2) is 0 Å². The number of carbonyl (C=O) groups is 3. The van der Waals surface area contributed by atoms with Gasteiger partial charge in [-0.05, 0) is 17.7 Å². The largest absolute Gasteiger partial charge is 0.497 e. The monoisotopic (exact) mass is 331 g/mol. The zero-order valence-electron chi connectivity index (χ0n) is 12.7. The van der Waals surface area contributed by atoms with Crippen molar-refractivity contribution in [2.45, 2.75) is 19.3 Å². The Morgan fingerprint density at radius 3 is 2.54 bits per heavy atom. The molecule has 124 valence electrons. The first kappa shape index (κ1) is 15.7. The highest BCUT2D eigenvalue weighted by atomic mass is 16.7. The van der Waals surface area contributed by atoms with Crippen LogP contribution in [-0.2, 0) is 25.6 Å². The number of imide groups is 1. The maximum absolute atomic E-state index is 12.0. The van der Waals surface area contributed by atoms with Crippen LogP contribution in [0.1, 0.15) is 18.4 Å². The summed E-state index contributed by atoms with van der Waals surface area (Å²) in [6, 6.07) is 6.00. The van der Waals surface area contributed by atoms with Crippen LogP contribution >= 0.6 is 0 Å². The number of ether oxygens (including phenoxy) is 1. The van der Waals surface area contributed by atoms with E-state index in [1.165, 1.54) is 19.2 Å². The summed E-state index contributed by atoms with van der Waals surface area (Å²) in [4.78, 5) is 51.4. The van der Waals surface area contributed by atoms with Crippen LogP contribution in [0.2, 0.25) is 0 Å². The Labute approximate surface area is 135 Å². The third kappa shape index (κ3) is 2.98. The fourth-order valence-corrected chi connectivity index (χ4v) is 2.43. The molecule has 0 saturated carbocycles. The fourth-order valence-electron chi connectivity index (χ4n) is 2.43. The highest BCUT2D eigenvalue weighted by Crippen LogP contribution is 2.23. The Morgan fingerprint density at radius 1 is 1.17 bits per heavy atom. The van der Waals surface area contributed by atoms with E-state index in [-0.39, 0.29) is 24.8 Å². The highest BCUT2D eigenvalue weighted by molar-refractivity contribution is 6.01. The first-order chi connectivity index (χ1) is 11.5. The number of hydroxylamine groups is 2. The molecule has 1 fully saturated rings. The quantitative estimate of drug-likeness (QED) is 0.607. The Bertz CT molecular complexity index is 883. The van der Waals surface area contributed by atoms with Gasteiger partial charge in [0.2, 0.25) is 0 Å². The normalized spacial score (nSPS) is 14.3. The molecule has 0 atom stereocenters. The molecule has 0 spiro atoms. The predicted octanol–water partition coefficient (Wildman–Crippen LogP) is 0.951. The molecular formula is C16H13NO7. The first-order valence-corrected chi connectivity index (χ1v) is 7.15. The second-order valence-electron chi connectivity index (χ2n) is 5.17. The van der Waals surface area contributed by atoms with Crippen LogP contribution in [0.3, 0.4) is 0 Å². The van der Waals surface area contributed by atoms with E-state index >= 15 is 0 Å². The lowest BCUT2D eigenvalue weighted by atomic mass is 10.1. The number of amides is 2. The SMILES string of the molecule is COc1ccc2c(CC(=O)ON3C(=O)CCC3=O)cc(=O)oc2c1. The summed E-state index contributed by atoms with van der Waals surface area (Å²) in [5.74, 6) is -1.44. The third-order valence-electron chi connectivity index (χ3n) is 3.57. The number of rotatable bonds is 4. The van der Waals surface area contributed by atoms with Crippen LogP contribution < -0.4 is 10.4 Å². The van der Waals surface area contributed by atoms with Crippen molar-refractivity contribution in [2.24, 2.45) is 0 Å². The molecule has 1 aromatic heterocycles. The van der Waals surface area contributed by atoms with Crippen LogP contribution in [-0.4, -0.2) is 30.0 Å². The Morgan fingerprint density at radius 2 is 1.88 bits per heavy atom. The van der Waals surface area contributed by atoms with Gasteiger partial charge in [0.1, 0.15) is 11.3 Å². The van der Waals surface area contributed by atoms with E-state index in [0.29, 0.717) is 21.8 Å². The summed E-state index contributed by atoms with van der Waals surface area (Å²) in [6.45, 7) is 0. The number of hydrogen-bond donors (Lipinski definition) is 0. The summed E-state index contributed by atoms with van der Waals surface area (Å²) in [5, 5.41) is 1.00. The van der Waals surface area contributed by atoms with Gasteiger partial charge in [-0.2, -0.15) is 0 Å². The molecule has 2 amide bonds. The molecular weight excluding hydrogens is 318 g/mol. The summed E-state index contributed by atoms with van der Waals surface area (Å²) < 4.78 is 10.1. The van der Waals surface area contributed by atoms with Crippen molar-refractivity contribution < 1.29 is 28.4 Å². The van der Waals surface area contributed by atoms with Gasteiger partial charge >= 0.3 is 11.6 Å².